The number of morpholine rings is 1. The third-order valence-corrected chi connectivity index (χ3v) is 4.89. The third-order valence-electron chi connectivity index (χ3n) is 4.89. The maximum atomic E-state index is 12.6. The van der Waals surface area contributed by atoms with Crippen LogP contribution in [0.15, 0.2) is 30.3 Å². The van der Waals surface area contributed by atoms with Gasteiger partial charge in [0.2, 0.25) is 11.8 Å². The van der Waals surface area contributed by atoms with Gasteiger partial charge in [-0.1, -0.05) is 30.3 Å². The molecule has 0 spiro atoms. The normalized spacial score (nSPS) is 21.0. The molecule has 27 heavy (non-hydrogen) atoms. The van der Waals surface area contributed by atoms with Gasteiger partial charge < -0.3 is 24.4 Å². The molecule has 0 aliphatic carbocycles. The molecule has 1 aromatic carbocycles. The summed E-state index contributed by atoms with van der Waals surface area (Å²) in [7, 11) is 0. The minimum Gasteiger partial charge on any atom is -0.381 e. The summed E-state index contributed by atoms with van der Waals surface area (Å²) < 4.78 is 16.4. The SMILES string of the molecule is O=C(CC1COCCN1C(=O)COCc1ccccc1)NC1CCOCC1. The van der Waals surface area contributed by atoms with Crippen LogP contribution in [0, 0.1) is 0 Å². The van der Waals surface area contributed by atoms with E-state index in [2.05, 4.69) is 5.32 Å². The van der Waals surface area contributed by atoms with Gasteiger partial charge in [0.15, 0.2) is 0 Å². The van der Waals surface area contributed by atoms with Crippen molar-refractivity contribution >= 4 is 11.8 Å². The summed E-state index contributed by atoms with van der Waals surface area (Å²) in [5.74, 6) is -0.140. The maximum absolute atomic E-state index is 12.6. The van der Waals surface area contributed by atoms with Crippen LogP contribution in [0.4, 0.5) is 0 Å². The molecule has 3 rings (SSSR count). The molecule has 7 nitrogen and oxygen atoms in total. The lowest BCUT2D eigenvalue weighted by molar-refractivity contribution is -0.146. The van der Waals surface area contributed by atoms with Crippen molar-refractivity contribution in [1.29, 1.82) is 0 Å². The molecule has 1 atom stereocenters. The van der Waals surface area contributed by atoms with Crippen LogP contribution in [-0.2, 0) is 30.4 Å². The van der Waals surface area contributed by atoms with Crippen LogP contribution in [0.1, 0.15) is 24.8 Å². The van der Waals surface area contributed by atoms with Crippen molar-refractivity contribution < 1.29 is 23.8 Å². The Labute approximate surface area is 160 Å². The van der Waals surface area contributed by atoms with Crippen molar-refractivity contribution in [3.8, 4) is 0 Å². The van der Waals surface area contributed by atoms with E-state index in [1.54, 1.807) is 4.90 Å². The number of ether oxygens (including phenoxy) is 3. The summed E-state index contributed by atoms with van der Waals surface area (Å²) in [6.07, 6.45) is 1.92. The Balaban J connectivity index is 1.45. The first kappa shape index (κ1) is 19.8. The first-order valence-corrected chi connectivity index (χ1v) is 9.58. The topological polar surface area (TPSA) is 77.1 Å². The van der Waals surface area contributed by atoms with Crippen LogP contribution in [0.5, 0.6) is 0 Å². The summed E-state index contributed by atoms with van der Waals surface area (Å²) in [5, 5.41) is 3.05. The lowest BCUT2D eigenvalue weighted by Gasteiger charge is -2.35. The van der Waals surface area contributed by atoms with Crippen molar-refractivity contribution in [2.75, 3.05) is 39.6 Å². The Morgan fingerprint density at radius 2 is 1.89 bits per heavy atom. The van der Waals surface area contributed by atoms with Gasteiger partial charge in [-0.3, -0.25) is 9.59 Å². The van der Waals surface area contributed by atoms with Gasteiger partial charge in [-0.2, -0.15) is 0 Å². The Bertz CT molecular complexity index is 604. The molecule has 0 radical (unpaired) electrons. The fraction of sp³-hybridized carbons (Fsp3) is 0.600. The summed E-state index contributed by atoms with van der Waals surface area (Å²) in [6, 6.07) is 9.66. The number of nitrogens with zero attached hydrogens (tertiary/aromatic N) is 1. The predicted molar refractivity (Wildman–Crippen MR) is 99.0 cm³/mol. The predicted octanol–water partition coefficient (Wildman–Crippen LogP) is 1.12. The zero-order valence-corrected chi connectivity index (χ0v) is 15.6. The fourth-order valence-corrected chi connectivity index (χ4v) is 3.41. The van der Waals surface area contributed by atoms with Gasteiger partial charge in [-0.15, -0.1) is 0 Å². The Hall–Kier alpha value is -1.96. The molecule has 2 heterocycles. The van der Waals surface area contributed by atoms with Crippen molar-refractivity contribution in [3.63, 3.8) is 0 Å². The van der Waals surface area contributed by atoms with Crippen molar-refractivity contribution in [2.45, 2.75) is 38.0 Å². The molecule has 2 aliphatic heterocycles. The summed E-state index contributed by atoms with van der Waals surface area (Å²) >= 11 is 0. The summed E-state index contributed by atoms with van der Waals surface area (Å²) in [5.41, 5.74) is 1.03. The van der Waals surface area contributed by atoms with E-state index in [1.165, 1.54) is 0 Å². The van der Waals surface area contributed by atoms with Crippen molar-refractivity contribution in [2.24, 2.45) is 0 Å². The van der Waals surface area contributed by atoms with E-state index < -0.39 is 0 Å². The van der Waals surface area contributed by atoms with E-state index in [-0.39, 0.29) is 36.9 Å². The van der Waals surface area contributed by atoms with Gasteiger partial charge in [0.1, 0.15) is 6.61 Å². The monoisotopic (exact) mass is 376 g/mol. The second kappa shape index (κ2) is 10.4. The lowest BCUT2D eigenvalue weighted by atomic mass is 10.1. The number of carbonyl (C=O) groups is 2. The molecule has 0 aromatic heterocycles. The molecule has 1 unspecified atom stereocenters. The second-order valence-electron chi connectivity index (χ2n) is 6.95. The fourth-order valence-electron chi connectivity index (χ4n) is 3.41. The molecule has 7 heteroatoms. The van der Waals surface area contributed by atoms with Gasteiger partial charge in [0.25, 0.3) is 0 Å². The highest BCUT2D eigenvalue weighted by molar-refractivity contribution is 5.80. The zero-order valence-electron chi connectivity index (χ0n) is 15.6. The average molecular weight is 376 g/mol. The molecule has 2 fully saturated rings. The molecule has 0 bridgehead atoms. The molecule has 2 aliphatic rings. The Morgan fingerprint density at radius 3 is 2.67 bits per heavy atom. The van der Waals surface area contributed by atoms with E-state index in [4.69, 9.17) is 14.2 Å². The molecular formula is C20H28N2O5. The van der Waals surface area contributed by atoms with Crippen LogP contribution in [0.25, 0.3) is 0 Å². The van der Waals surface area contributed by atoms with Crippen LogP contribution < -0.4 is 5.32 Å². The molecular weight excluding hydrogens is 348 g/mol. The highest BCUT2D eigenvalue weighted by Gasteiger charge is 2.29. The number of carbonyl (C=O) groups excluding carboxylic acids is 2. The molecule has 1 N–H and O–H groups in total. The quantitative estimate of drug-likeness (QED) is 0.772. The number of hydrogen-bond acceptors (Lipinski definition) is 5. The van der Waals surface area contributed by atoms with Gasteiger partial charge >= 0.3 is 0 Å². The summed E-state index contributed by atoms with van der Waals surface area (Å²) in [6.45, 7) is 3.12. The first-order valence-electron chi connectivity index (χ1n) is 9.58. The van der Waals surface area contributed by atoms with Gasteiger partial charge in [-0.05, 0) is 18.4 Å². The van der Waals surface area contributed by atoms with Crippen LogP contribution in [0.2, 0.25) is 0 Å². The van der Waals surface area contributed by atoms with E-state index >= 15 is 0 Å². The Morgan fingerprint density at radius 1 is 1.11 bits per heavy atom. The van der Waals surface area contributed by atoms with Gasteiger partial charge in [0, 0.05) is 32.2 Å². The third kappa shape index (κ3) is 6.30. The maximum Gasteiger partial charge on any atom is 0.249 e. The molecule has 2 amide bonds. The van der Waals surface area contributed by atoms with E-state index in [1.807, 2.05) is 30.3 Å². The largest absolute Gasteiger partial charge is 0.381 e. The highest BCUT2D eigenvalue weighted by atomic mass is 16.5. The second-order valence-corrected chi connectivity index (χ2v) is 6.95. The zero-order chi connectivity index (χ0) is 18.9. The minimum absolute atomic E-state index is 0.00692. The molecule has 148 valence electrons. The molecule has 1 aromatic rings. The van der Waals surface area contributed by atoms with Crippen molar-refractivity contribution in [1.82, 2.24) is 10.2 Å². The standard InChI is InChI=1S/C20H28N2O5/c23-19(21-17-6-9-25-10-7-17)12-18-14-26-11-8-22(18)20(24)15-27-13-16-4-2-1-3-5-16/h1-5,17-18H,6-15H2,(H,21,23). The van der Waals surface area contributed by atoms with Gasteiger partial charge in [-0.25, -0.2) is 0 Å². The molecule has 0 saturated carbocycles. The number of amides is 2. The van der Waals surface area contributed by atoms with Crippen LogP contribution >= 0.6 is 0 Å². The Kier molecular flexibility index (Phi) is 7.62. The van der Waals surface area contributed by atoms with E-state index in [0.717, 1.165) is 18.4 Å². The van der Waals surface area contributed by atoms with Gasteiger partial charge in [0.05, 0.1) is 25.9 Å². The lowest BCUT2D eigenvalue weighted by Crippen LogP contribution is -2.52. The number of benzene rings is 1. The van der Waals surface area contributed by atoms with Crippen LogP contribution in [0.3, 0.4) is 0 Å². The number of rotatable bonds is 7. The summed E-state index contributed by atoms with van der Waals surface area (Å²) in [4.78, 5) is 26.7. The van der Waals surface area contributed by atoms with Crippen molar-refractivity contribution in [3.05, 3.63) is 35.9 Å². The van der Waals surface area contributed by atoms with E-state index in [9.17, 15) is 9.59 Å². The van der Waals surface area contributed by atoms with E-state index in [0.29, 0.717) is 39.6 Å². The van der Waals surface area contributed by atoms with Crippen LogP contribution in [-0.4, -0.2) is 68.4 Å². The minimum atomic E-state index is -0.244. The highest BCUT2D eigenvalue weighted by Crippen LogP contribution is 2.13. The number of nitrogens with one attached hydrogen (secondary N) is 1. The smallest absolute Gasteiger partial charge is 0.249 e. The molecule has 2 saturated heterocycles. The first-order chi connectivity index (χ1) is 13.2. The average Bonchev–Trinajstić information content (AvgIpc) is 2.70. The number of hydrogen-bond donors (Lipinski definition) is 1.